The van der Waals surface area contributed by atoms with Crippen molar-refractivity contribution in [2.45, 2.75) is 38.1 Å². The minimum absolute atomic E-state index is 0.242. The number of rotatable bonds is 7. The Kier molecular flexibility index (Phi) is 6.32. The van der Waals surface area contributed by atoms with Crippen LogP contribution in [0.25, 0.3) is 0 Å². The molecule has 1 heterocycles. The molecule has 0 amide bonds. The number of nitrogens with one attached hydrogen (secondary N) is 2. The van der Waals surface area contributed by atoms with Crippen LogP contribution in [-0.4, -0.2) is 38.1 Å². The van der Waals surface area contributed by atoms with Gasteiger partial charge in [0.05, 0.1) is 6.54 Å². The average Bonchev–Trinajstić information content (AvgIpc) is 2.66. The lowest BCUT2D eigenvalue weighted by molar-refractivity contribution is 0.244. The van der Waals surface area contributed by atoms with Crippen molar-refractivity contribution in [1.82, 2.24) is 15.6 Å². The number of benzene rings is 1. The summed E-state index contributed by atoms with van der Waals surface area (Å²) < 4.78 is 0. The van der Waals surface area contributed by atoms with Crippen molar-refractivity contribution in [3.8, 4) is 0 Å². The zero-order valence-electron chi connectivity index (χ0n) is 16.7. The first-order valence-corrected chi connectivity index (χ1v) is 9.83. The van der Waals surface area contributed by atoms with Crippen molar-refractivity contribution in [3.63, 3.8) is 0 Å². The second kappa shape index (κ2) is 8.89. The minimum Gasteiger partial charge on any atom is -0.363 e. The van der Waals surface area contributed by atoms with Crippen LogP contribution in [0.1, 0.15) is 37.3 Å². The lowest BCUT2D eigenvalue weighted by atomic mass is 9.64. The number of anilines is 1. The third-order valence-electron chi connectivity index (χ3n) is 5.32. The van der Waals surface area contributed by atoms with Crippen molar-refractivity contribution < 1.29 is 0 Å². The summed E-state index contributed by atoms with van der Waals surface area (Å²) in [6, 6.07) is 15.0. The molecule has 0 saturated heterocycles. The molecule has 3 rings (SSSR count). The Hall–Kier alpha value is -2.56. The topological polar surface area (TPSA) is 52.6 Å². The SMILES string of the molecule is CCNC(=NCc1ccnc(N(C)C)c1)NCC1(c2ccccc2)CCC1. The largest absolute Gasteiger partial charge is 0.363 e. The Morgan fingerprint density at radius 2 is 1.93 bits per heavy atom. The van der Waals surface area contributed by atoms with Gasteiger partial charge in [-0.3, -0.25) is 0 Å². The van der Waals surface area contributed by atoms with Gasteiger partial charge in [0.25, 0.3) is 0 Å². The van der Waals surface area contributed by atoms with Gasteiger partial charge < -0.3 is 15.5 Å². The van der Waals surface area contributed by atoms with Crippen molar-refractivity contribution in [2.24, 2.45) is 4.99 Å². The van der Waals surface area contributed by atoms with Gasteiger partial charge in [0.2, 0.25) is 0 Å². The highest BCUT2D eigenvalue weighted by molar-refractivity contribution is 5.80. The molecular formula is C22H31N5. The Morgan fingerprint density at radius 3 is 2.56 bits per heavy atom. The first kappa shape index (κ1) is 19.2. The van der Waals surface area contributed by atoms with Crippen LogP contribution in [-0.2, 0) is 12.0 Å². The lowest BCUT2D eigenvalue weighted by Gasteiger charge is -2.43. The zero-order valence-corrected chi connectivity index (χ0v) is 16.7. The molecule has 144 valence electrons. The van der Waals surface area contributed by atoms with Crippen LogP contribution >= 0.6 is 0 Å². The van der Waals surface area contributed by atoms with Gasteiger partial charge in [-0.2, -0.15) is 0 Å². The van der Waals surface area contributed by atoms with E-state index in [0.717, 1.165) is 30.4 Å². The predicted molar refractivity (Wildman–Crippen MR) is 113 cm³/mol. The van der Waals surface area contributed by atoms with Gasteiger partial charge in [-0.25, -0.2) is 9.98 Å². The maximum atomic E-state index is 4.79. The second-order valence-electron chi connectivity index (χ2n) is 7.47. The smallest absolute Gasteiger partial charge is 0.191 e. The molecular weight excluding hydrogens is 334 g/mol. The molecule has 2 N–H and O–H groups in total. The summed E-state index contributed by atoms with van der Waals surface area (Å²) in [4.78, 5) is 11.2. The summed E-state index contributed by atoms with van der Waals surface area (Å²) in [6.45, 7) is 4.51. The summed E-state index contributed by atoms with van der Waals surface area (Å²) in [6.07, 6.45) is 5.62. The third kappa shape index (κ3) is 4.79. The molecule has 1 fully saturated rings. The molecule has 0 radical (unpaired) electrons. The number of hydrogen-bond acceptors (Lipinski definition) is 3. The van der Waals surface area contributed by atoms with Crippen LogP contribution < -0.4 is 15.5 Å². The molecule has 1 aliphatic carbocycles. The fourth-order valence-electron chi connectivity index (χ4n) is 3.53. The van der Waals surface area contributed by atoms with Crippen LogP contribution in [0.2, 0.25) is 0 Å². The molecule has 2 aromatic rings. The van der Waals surface area contributed by atoms with E-state index in [1.54, 1.807) is 0 Å². The fourth-order valence-corrected chi connectivity index (χ4v) is 3.53. The molecule has 27 heavy (non-hydrogen) atoms. The lowest BCUT2D eigenvalue weighted by Crippen LogP contribution is -2.48. The van der Waals surface area contributed by atoms with E-state index in [1.807, 2.05) is 31.3 Å². The number of aliphatic imine (C=N–C) groups is 1. The summed E-state index contributed by atoms with van der Waals surface area (Å²) in [7, 11) is 4.01. The molecule has 5 nitrogen and oxygen atoms in total. The maximum Gasteiger partial charge on any atom is 0.191 e. The van der Waals surface area contributed by atoms with Crippen molar-refractivity contribution in [1.29, 1.82) is 0 Å². The van der Waals surface area contributed by atoms with Gasteiger partial charge in [-0.1, -0.05) is 36.8 Å². The van der Waals surface area contributed by atoms with E-state index in [1.165, 1.54) is 24.8 Å². The van der Waals surface area contributed by atoms with Crippen LogP contribution in [0, 0.1) is 0 Å². The van der Waals surface area contributed by atoms with Gasteiger partial charge in [-0.05, 0) is 43.0 Å². The van der Waals surface area contributed by atoms with E-state index < -0.39 is 0 Å². The van der Waals surface area contributed by atoms with Gasteiger partial charge in [0.1, 0.15) is 5.82 Å². The zero-order chi connectivity index (χ0) is 19.1. The monoisotopic (exact) mass is 365 g/mol. The molecule has 1 aromatic heterocycles. The van der Waals surface area contributed by atoms with Gasteiger partial charge in [0, 0.05) is 38.8 Å². The average molecular weight is 366 g/mol. The molecule has 1 aromatic carbocycles. The molecule has 0 bridgehead atoms. The highest BCUT2D eigenvalue weighted by Gasteiger charge is 2.38. The van der Waals surface area contributed by atoms with E-state index in [-0.39, 0.29) is 5.41 Å². The van der Waals surface area contributed by atoms with Gasteiger partial charge in [-0.15, -0.1) is 0 Å². The number of nitrogens with zero attached hydrogens (tertiary/aromatic N) is 3. The molecule has 1 saturated carbocycles. The van der Waals surface area contributed by atoms with Crippen LogP contribution in [0.15, 0.2) is 53.7 Å². The van der Waals surface area contributed by atoms with Gasteiger partial charge >= 0.3 is 0 Å². The molecule has 0 spiro atoms. The molecule has 1 aliphatic rings. The fraction of sp³-hybridized carbons (Fsp3) is 0.455. The highest BCUT2D eigenvalue weighted by atomic mass is 15.2. The Labute approximate surface area is 162 Å². The van der Waals surface area contributed by atoms with Gasteiger partial charge in [0.15, 0.2) is 5.96 Å². The predicted octanol–water partition coefficient (Wildman–Crippen LogP) is 3.32. The maximum absolute atomic E-state index is 4.79. The van der Waals surface area contributed by atoms with Crippen molar-refractivity contribution >= 4 is 11.8 Å². The molecule has 0 aliphatic heterocycles. The quantitative estimate of drug-likeness (QED) is 0.584. The molecule has 0 atom stereocenters. The first-order valence-electron chi connectivity index (χ1n) is 9.83. The summed E-state index contributed by atoms with van der Waals surface area (Å²) >= 11 is 0. The molecule has 0 unspecified atom stereocenters. The van der Waals surface area contributed by atoms with E-state index >= 15 is 0 Å². The van der Waals surface area contributed by atoms with Crippen molar-refractivity contribution in [3.05, 3.63) is 59.8 Å². The highest BCUT2D eigenvalue weighted by Crippen LogP contribution is 2.43. The summed E-state index contributed by atoms with van der Waals surface area (Å²) in [5.74, 6) is 1.83. The number of aromatic nitrogens is 1. The van der Waals surface area contributed by atoms with Crippen molar-refractivity contribution in [2.75, 3.05) is 32.1 Å². The van der Waals surface area contributed by atoms with Crippen LogP contribution in [0.4, 0.5) is 5.82 Å². The minimum atomic E-state index is 0.242. The number of pyridine rings is 1. The van der Waals surface area contributed by atoms with Crippen LogP contribution in [0.3, 0.4) is 0 Å². The Balaban J connectivity index is 1.67. The second-order valence-corrected chi connectivity index (χ2v) is 7.47. The molecule has 5 heteroatoms. The van der Waals surface area contributed by atoms with Crippen LogP contribution in [0.5, 0.6) is 0 Å². The summed E-state index contributed by atoms with van der Waals surface area (Å²) in [5.41, 5.74) is 2.84. The standard InChI is InChI=1S/C22H31N5/c1-4-23-21(25-16-18-11-14-24-20(15-18)27(2)3)26-17-22(12-8-13-22)19-9-6-5-7-10-19/h5-7,9-11,14-15H,4,8,12-13,16-17H2,1-3H3,(H2,23,25,26). The number of hydrogen-bond donors (Lipinski definition) is 2. The first-order chi connectivity index (χ1) is 13.1. The summed E-state index contributed by atoms with van der Waals surface area (Å²) in [5, 5.41) is 6.96. The Morgan fingerprint density at radius 1 is 1.15 bits per heavy atom. The normalized spacial score (nSPS) is 15.7. The Bertz CT molecular complexity index is 750. The van der Waals surface area contributed by atoms with E-state index in [2.05, 4.69) is 58.9 Å². The number of guanidine groups is 1. The van der Waals surface area contributed by atoms with E-state index in [0.29, 0.717) is 6.54 Å². The van der Waals surface area contributed by atoms with E-state index in [9.17, 15) is 0 Å². The van der Waals surface area contributed by atoms with E-state index in [4.69, 9.17) is 4.99 Å². The third-order valence-corrected chi connectivity index (χ3v) is 5.32.